The van der Waals surface area contributed by atoms with E-state index in [9.17, 15) is 14.4 Å². The van der Waals surface area contributed by atoms with Gasteiger partial charge in [0.1, 0.15) is 0 Å². The molecule has 0 aromatic heterocycles. The van der Waals surface area contributed by atoms with Crippen LogP contribution < -0.4 is 11.1 Å². The van der Waals surface area contributed by atoms with Crippen molar-refractivity contribution < 1.29 is 19.5 Å². The third kappa shape index (κ3) is 3.90. The Kier molecular flexibility index (Phi) is 4.21. The molecular weight excluding hydrogens is 176 g/mol. The molecule has 72 valence electrons. The van der Waals surface area contributed by atoms with Gasteiger partial charge in [-0.2, -0.15) is 0 Å². The Labute approximate surface area is 74.4 Å². The Morgan fingerprint density at radius 2 is 2.08 bits per heavy atom. The maximum absolute atomic E-state index is 10.6. The summed E-state index contributed by atoms with van der Waals surface area (Å²) in [5.74, 6) is -4.30. The summed E-state index contributed by atoms with van der Waals surface area (Å²) in [5, 5.41) is 10.6. The van der Waals surface area contributed by atoms with Crippen LogP contribution in [0.2, 0.25) is 0 Å². The molecule has 0 radical (unpaired) electrons. The highest BCUT2D eigenvalue weighted by Crippen LogP contribution is 1.92. The van der Waals surface area contributed by atoms with Crippen LogP contribution in [-0.2, 0) is 14.4 Å². The molecule has 0 heterocycles. The summed E-state index contributed by atoms with van der Waals surface area (Å²) in [7, 11) is 0. The normalized spacial score (nSPS) is 11.4. The molecule has 0 spiro atoms. The second kappa shape index (κ2) is 4.91. The first-order valence-electron chi connectivity index (χ1n) is 3.41. The molecule has 4 N–H and O–H groups in total. The van der Waals surface area contributed by atoms with Gasteiger partial charge in [0.15, 0.2) is 5.92 Å². The molecule has 2 amide bonds. The molecule has 1 unspecified atom stereocenters. The summed E-state index contributed by atoms with van der Waals surface area (Å²) in [6.07, 6.45) is 0.972. The van der Waals surface area contributed by atoms with Gasteiger partial charge in [-0.15, -0.1) is 0 Å². The van der Waals surface area contributed by atoms with E-state index in [0.717, 1.165) is 6.08 Å². The molecule has 1 atom stereocenters. The van der Waals surface area contributed by atoms with Crippen molar-refractivity contribution in [2.45, 2.75) is 0 Å². The number of primary amides is 1. The second-order valence-corrected chi connectivity index (χ2v) is 2.24. The summed E-state index contributed by atoms with van der Waals surface area (Å²) in [4.78, 5) is 31.5. The quantitative estimate of drug-likeness (QED) is 0.357. The number of aliphatic carboxylic acids is 1. The third-order valence-electron chi connectivity index (χ3n) is 1.31. The fourth-order valence-electron chi connectivity index (χ4n) is 0.584. The van der Waals surface area contributed by atoms with E-state index in [2.05, 4.69) is 11.9 Å². The van der Waals surface area contributed by atoms with Gasteiger partial charge in [-0.05, 0) is 6.08 Å². The predicted molar refractivity (Wildman–Crippen MR) is 43.5 cm³/mol. The number of carboxylic acids is 1. The molecule has 0 aromatic carbocycles. The fraction of sp³-hybridized carbons (Fsp3) is 0.286. The van der Waals surface area contributed by atoms with Crippen LogP contribution in [-0.4, -0.2) is 29.4 Å². The van der Waals surface area contributed by atoms with Crippen molar-refractivity contribution >= 4 is 17.8 Å². The minimum Gasteiger partial charge on any atom is -0.481 e. The number of amides is 2. The molecular formula is C7H10N2O4. The third-order valence-corrected chi connectivity index (χ3v) is 1.31. The molecule has 0 saturated carbocycles. The van der Waals surface area contributed by atoms with Gasteiger partial charge in [0, 0.05) is 6.54 Å². The van der Waals surface area contributed by atoms with Crippen LogP contribution in [0.4, 0.5) is 0 Å². The maximum atomic E-state index is 10.6. The molecule has 0 aromatic rings. The predicted octanol–water partition coefficient (Wildman–Crippen LogP) is -1.53. The van der Waals surface area contributed by atoms with Crippen molar-refractivity contribution in [3.05, 3.63) is 12.7 Å². The number of carbonyl (C=O) groups excluding carboxylic acids is 2. The van der Waals surface area contributed by atoms with Crippen molar-refractivity contribution in [3.8, 4) is 0 Å². The van der Waals surface area contributed by atoms with Crippen LogP contribution in [0.25, 0.3) is 0 Å². The van der Waals surface area contributed by atoms with Crippen LogP contribution in [0.15, 0.2) is 12.7 Å². The lowest BCUT2D eigenvalue weighted by molar-refractivity contribution is -0.145. The highest BCUT2D eigenvalue weighted by molar-refractivity contribution is 5.97. The molecule has 0 fully saturated rings. The molecule has 0 aliphatic rings. The van der Waals surface area contributed by atoms with Crippen LogP contribution in [0, 0.1) is 5.92 Å². The van der Waals surface area contributed by atoms with E-state index < -0.39 is 23.7 Å². The zero-order valence-corrected chi connectivity index (χ0v) is 6.82. The summed E-state index contributed by atoms with van der Waals surface area (Å²) in [6.45, 7) is 2.83. The molecule has 13 heavy (non-hydrogen) atoms. The number of nitrogens with two attached hydrogens (primary N) is 1. The first-order valence-corrected chi connectivity index (χ1v) is 3.41. The van der Waals surface area contributed by atoms with E-state index in [1.54, 1.807) is 0 Å². The Bertz CT molecular complexity index is 235. The zero-order valence-electron chi connectivity index (χ0n) is 6.82. The largest absolute Gasteiger partial charge is 0.481 e. The Morgan fingerprint density at radius 1 is 1.54 bits per heavy atom. The highest BCUT2D eigenvalue weighted by Gasteiger charge is 2.23. The van der Waals surface area contributed by atoms with E-state index >= 15 is 0 Å². The first kappa shape index (κ1) is 11.2. The summed E-state index contributed by atoms with van der Waals surface area (Å²) < 4.78 is 0. The van der Waals surface area contributed by atoms with E-state index in [0.29, 0.717) is 0 Å². The monoisotopic (exact) mass is 186 g/mol. The molecule has 6 heteroatoms. The van der Waals surface area contributed by atoms with Gasteiger partial charge in [-0.3, -0.25) is 14.4 Å². The van der Waals surface area contributed by atoms with Crippen molar-refractivity contribution in [1.82, 2.24) is 5.32 Å². The lowest BCUT2D eigenvalue weighted by Gasteiger charge is -2.07. The molecule has 0 saturated heterocycles. The number of hydrogen-bond acceptors (Lipinski definition) is 3. The number of nitrogens with one attached hydrogen (secondary N) is 1. The average Bonchev–Trinajstić information content (AvgIpc) is 2.03. The first-order chi connectivity index (χ1) is 5.99. The maximum Gasteiger partial charge on any atom is 0.317 e. The molecule has 0 rings (SSSR count). The summed E-state index contributed by atoms with van der Waals surface area (Å²) in [6, 6.07) is 0. The number of carbonyl (C=O) groups is 3. The van der Waals surface area contributed by atoms with E-state index in [1.807, 2.05) is 0 Å². The lowest BCUT2D eigenvalue weighted by atomic mass is 10.1. The van der Waals surface area contributed by atoms with E-state index in [-0.39, 0.29) is 6.54 Å². The van der Waals surface area contributed by atoms with Crippen LogP contribution >= 0.6 is 0 Å². The highest BCUT2D eigenvalue weighted by atomic mass is 16.4. The van der Waals surface area contributed by atoms with Crippen LogP contribution in [0.5, 0.6) is 0 Å². The van der Waals surface area contributed by atoms with Gasteiger partial charge < -0.3 is 16.2 Å². The van der Waals surface area contributed by atoms with Gasteiger partial charge in [0.25, 0.3) is 0 Å². The SMILES string of the molecule is C=CC(=O)NCC(C(N)=O)C(=O)O. The van der Waals surface area contributed by atoms with Crippen LogP contribution in [0.1, 0.15) is 0 Å². The smallest absolute Gasteiger partial charge is 0.317 e. The minimum absolute atomic E-state index is 0.324. The molecule has 0 aliphatic carbocycles. The van der Waals surface area contributed by atoms with Gasteiger partial charge in [-0.1, -0.05) is 6.58 Å². The molecule has 6 nitrogen and oxygen atoms in total. The summed E-state index contributed by atoms with van der Waals surface area (Å²) >= 11 is 0. The van der Waals surface area contributed by atoms with Gasteiger partial charge in [-0.25, -0.2) is 0 Å². The topological polar surface area (TPSA) is 109 Å². The lowest BCUT2D eigenvalue weighted by Crippen LogP contribution is -2.39. The van der Waals surface area contributed by atoms with Gasteiger partial charge >= 0.3 is 5.97 Å². The molecule has 0 aliphatic heterocycles. The van der Waals surface area contributed by atoms with Gasteiger partial charge in [0.2, 0.25) is 11.8 Å². The fourth-order valence-corrected chi connectivity index (χ4v) is 0.584. The zero-order chi connectivity index (χ0) is 10.4. The second-order valence-electron chi connectivity index (χ2n) is 2.24. The Morgan fingerprint density at radius 3 is 2.38 bits per heavy atom. The number of carboxylic acid groups (broad SMARTS) is 1. The van der Waals surface area contributed by atoms with Gasteiger partial charge in [0.05, 0.1) is 0 Å². The van der Waals surface area contributed by atoms with Crippen molar-refractivity contribution in [2.75, 3.05) is 6.54 Å². The van der Waals surface area contributed by atoms with Crippen molar-refractivity contribution in [3.63, 3.8) is 0 Å². The Hall–Kier alpha value is -1.85. The number of hydrogen-bond donors (Lipinski definition) is 3. The van der Waals surface area contributed by atoms with Crippen molar-refractivity contribution in [1.29, 1.82) is 0 Å². The molecule has 0 bridgehead atoms. The number of rotatable bonds is 5. The minimum atomic E-state index is -1.40. The average molecular weight is 186 g/mol. The van der Waals surface area contributed by atoms with Crippen molar-refractivity contribution in [2.24, 2.45) is 11.7 Å². The van der Waals surface area contributed by atoms with E-state index in [4.69, 9.17) is 10.8 Å². The van der Waals surface area contributed by atoms with E-state index in [1.165, 1.54) is 0 Å². The summed E-state index contributed by atoms with van der Waals surface area (Å²) in [5.41, 5.74) is 4.77. The Balaban J connectivity index is 4.12. The standard InChI is InChI=1S/C7H10N2O4/c1-2-5(10)9-3-4(6(8)11)7(12)13/h2,4H,1,3H2,(H2,8,11)(H,9,10)(H,12,13). The van der Waals surface area contributed by atoms with Crippen LogP contribution in [0.3, 0.4) is 0 Å².